The number of nitrogens with one attached hydrogen (secondary N) is 1. The third kappa shape index (κ3) is 6.38. The molecule has 0 aliphatic carbocycles. The minimum atomic E-state index is -1.16. The van der Waals surface area contributed by atoms with Crippen molar-refractivity contribution >= 4 is 23.9 Å². The van der Waals surface area contributed by atoms with Crippen LogP contribution >= 0.6 is 0 Å². The second-order valence-electron chi connectivity index (χ2n) is 3.02. The molecule has 0 aliphatic heterocycles. The van der Waals surface area contributed by atoms with E-state index in [1.165, 1.54) is 17.9 Å². The number of hydrazine groups is 1. The zero-order valence-electron chi connectivity index (χ0n) is 9.81. The van der Waals surface area contributed by atoms with Crippen LogP contribution in [0.1, 0.15) is 5.56 Å². The first-order valence-corrected chi connectivity index (χ1v) is 4.63. The van der Waals surface area contributed by atoms with Crippen molar-refractivity contribution in [2.75, 3.05) is 0 Å². The van der Waals surface area contributed by atoms with E-state index in [9.17, 15) is 19.7 Å². The molecule has 0 saturated heterocycles. The zero-order chi connectivity index (χ0) is 15.0. The molecule has 0 radical (unpaired) electrons. The highest BCUT2D eigenvalue weighted by atomic mass is 16.6. The summed E-state index contributed by atoms with van der Waals surface area (Å²) in [6.45, 7) is 0. The van der Waals surface area contributed by atoms with Crippen molar-refractivity contribution < 1.29 is 19.6 Å². The summed E-state index contributed by atoms with van der Waals surface area (Å²) in [7, 11) is 1.52. The van der Waals surface area contributed by atoms with E-state index in [0.717, 1.165) is 12.2 Å². The van der Waals surface area contributed by atoms with Crippen LogP contribution in [0.15, 0.2) is 12.3 Å². The first-order valence-electron chi connectivity index (χ1n) is 4.63. The number of aliphatic carboxylic acids is 1. The zero-order valence-corrected chi connectivity index (χ0v) is 9.81. The van der Waals surface area contributed by atoms with Crippen molar-refractivity contribution in [3.63, 3.8) is 0 Å². The number of carbonyl (C=O) groups excluding carboxylic acids is 1. The lowest BCUT2D eigenvalue weighted by Crippen LogP contribution is -2.34. The lowest BCUT2D eigenvalue weighted by Gasteiger charge is -1.87. The molecule has 0 unspecified atom stereocenters. The number of hydrogen-bond acceptors (Lipinski definition) is 6. The van der Waals surface area contributed by atoms with E-state index < -0.39 is 16.9 Å². The molecule has 6 N–H and O–H groups in total. The summed E-state index contributed by atoms with van der Waals surface area (Å²) in [6, 6.07) is -0.718. The number of rotatable bonds is 3. The van der Waals surface area contributed by atoms with Gasteiger partial charge in [-0.1, -0.05) is 0 Å². The van der Waals surface area contributed by atoms with Gasteiger partial charge in [0.25, 0.3) is 0 Å². The molecule has 11 heteroatoms. The Bertz CT molecular complexity index is 508. The summed E-state index contributed by atoms with van der Waals surface area (Å²) >= 11 is 0. The van der Waals surface area contributed by atoms with E-state index in [1.54, 1.807) is 5.43 Å². The quantitative estimate of drug-likeness (QED) is 0.178. The van der Waals surface area contributed by atoms with Gasteiger partial charge in [0.15, 0.2) is 0 Å². The number of carbonyl (C=O) groups is 2. The van der Waals surface area contributed by atoms with E-state index in [2.05, 4.69) is 16.7 Å². The van der Waals surface area contributed by atoms with Gasteiger partial charge >= 0.3 is 17.8 Å². The predicted octanol–water partition coefficient (Wildman–Crippen LogP) is -1.05. The molecule has 0 bridgehead atoms. The fourth-order valence-electron chi connectivity index (χ4n) is 0.916. The SMILES string of the molecule is Cn1cc(/C=C/C(=O)O)c([N+](=O)[O-])n1.NNC(N)=O. The maximum atomic E-state index is 10.4. The lowest BCUT2D eigenvalue weighted by atomic mass is 10.3. The average Bonchev–Trinajstić information content (AvgIpc) is 2.68. The normalized spacial score (nSPS) is 9.58. The Morgan fingerprint density at radius 3 is 2.53 bits per heavy atom. The van der Waals surface area contributed by atoms with Crippen LogP contribution in [-0.4, -0.2) is 31.8 Å². The largest absolute Gasteiger partial charge is 0.478 e. The fourth-order valence-corrected chi connectivity index (χ4v) is 0.916. The molecule has 0 atom stereocenters. The van der Waals surface area contributed by atoms with E-state index in [0.29, 0.717) is 0 Å². The van der Waals surface area contributed by atoms with Crippen molar-refractivity contribution in [3.05, 3.63) is 28.0 Å². The van der Waals surface area contributed by atoms with Gasteiger partial charge in [0.05, 0.1) is 23.9 Å². The summed E-state index contributed by atoms with van der Waals surface area (Å²) in [4.78, 5) is 29.3. The number of carboxylic acid groups (broad SMARTS) is 1. The summed E-state index contributed by atoms with van der Waals surface area (Å²) in [5, 5.41) is 22.3. The maximum absolute atomic E-state index is 10.4. The lowest BCUT2D eigenvalue weighted by molar-refractivity contribution is -0.390. The molecule has 19 heavy (non-hydrogen) atoms. The van der Waals surface area contributed by atoms with Gasteiger partial charge in [0.2, 0.25) is 0 Å². The minimum Gasteiger partial charge on any atom is -0.478 e. The van der Waals surface area contributed by atoms with Crippen molar-refractivity contribution in [1.29, 1.82) is 0 Å². The highest BCUT2D eigenvalue weighted by Gasteiger charge is 2.16. The molecule has 0 aromatic carbocycles. The number of hydrogen-bond donors (Lipinski definition) is 4. The number of urea groups is 1. The Morgan fingerprint density at radius 1 is 1.63 bits per heavy atom. The molecule has 0 aliphatic rings. The molecule has 0 saturated carbocycles. The van der Waals surface area contributed by atoms with Crippen LogP contribution in [0.5, 0.6) is 0 Å². The predicted molar refractivity (Wildman–Crippen MR) is 63.4 cm³/mol. The molecule has 0 fully saturated rings. The fraction of sp³-hybridized carbons (Fsp3) is 0.125. The highest BCUT2D eigenvalue weighted by molar-refractivity contribution is 5.85. The van der Waals surface area contributed by atoms with Crippen molar-refractivity contribution in [2.45, 2.75) is 0 Å². The van der Waals surface area contributed by atoms with E-state index in [-0.39, 0.29) is 11.4 Å². The monoisotopic (exact) mass is 272 g/mol. The van der Waals surface area contributed by atoms with Crippen LogP contribution in [-0.2, 0) is 11.8 Å². The van der Waals surface area contributed by atoms with E-state index in [1.807, 2.05) is 0 Å². The highest BCUT2D eigenvalue weighted by Crippen LogP contribution is 2.16. The van der Waals surface area contributed by atoms with Gasteiger partial charge in [-0.3, -0.25) is 5.43 Å². The molecular weight excluding hydrogens is 260 g/mol. The first kappa shape index (κ1) is 16.1. The number of carboxylic acids is 1. The number of nitrogens with two attached hydrogens (primary N) is 2. The molecule has 2 amide bonds. The smallest absolute Gasteiger partial charge is 0.397 e. The maximum Gasteiger partial charge on any atom is 0.397 e. The second kappa shape index (κ2) is 7.39. The first-order chi connectivity index (χ1) is 8.77. The Kier molecular flexibility index (Phi) is 6.24. The second-order valence-corrected chi connectivity index (χ2v) is 3.02. The Morgan fingerprint density at radius 2 is 2.16 bits per heavy atom. The number of nitro groups is 1. The van der Waals surface area contributed by atoms with Crippen LogP contribution in [0.3, 0.4) is 0 Å². The number of nitrogens with zero attached hydrogens (tertiary/aromatic N) is 3. The van der Waals surface area contributed by atoms with Gasteiger partial charge in [-0.05, 0) is 11.0 Å². The molecule has 1 aromatic rings. The Labute approximate surface area is 106 Å². The standard InChI is InChI=1S/C7H7N3O4.CH5N3O/c1-9-4-5(2-3-6(11)12)7(8-9)10(13)14;2-1(5)4-3/h2-4H,1H3,(H,11,12);3H2,(H3,2,4,5)/b3-2+;. The molecule has 1 aromatic heterocycles. The summed E-state index contributed by atoms with van der Waals surface area (Å²) in [6.07, 6.45) is 3.33. The molecule has 0 spiro atoms. The van der Waals surface area contributed by atoms with Crippen LogP contribution < -0.4 is 17.0 Å². The Hall–Kier alpha value is -2.95. The van der Waals surface area contributed by atoms with Gasteiger partial charge in [0.1, 0.15) is 0 Å². The van der Waals surface area contributed by atoms with Crippen LogP contribution in [0, 0.1) is 10.1 Å². The Balaban J connectivity index is 0.000000555. The average molecular weight is 272 g/mol. The van der Waals surface area contributed by atoms with Crippen molar-refractivity contribution in [1.82, 2.24) is 15.2 Å². The minimum absolute atomic E-state index is 0.167. The third-order valence-corrected chi connectivity index (χ3v) is 1.56. The van der Waals surface area contributed by atoms with E-state index >= 15 is 0 Å². The number of amides is 2. The van der Waals surface area contributed by atoms with Gasteiger partial charge in [-0.2, -0.15) is 4.68 Å². The molecule has 104 valence electrons. The van der Waals surface area contributed by atoms with Gasteiger partial charge in [0, 0.05) is 6.08 Å². The van der Waals surface area contributed by atoms with Crippen molar-refractivity contribution in [2.24, 2.45) is 18.6 Å². The number of primary amides is 1. The summed E-state index contributed by atoms with van der Waals surface area (Å²) < 4.78 is 1.25. The van der Waals surface area contributed by atoms with E-state index in [4.69, 9.17) is 5.11 Å². The van der Waals surface area contributed by atoms with Gasteiger partial charge in [-0.15, -0.1) is 0 Å². The van der Waals surface area contributed by atoms with Crippen LogP contribution in [0.2, 0.25) is 0 Å². The molecule has 1 rings (SSSR count). The molecular formula is C8H12N6O5. The van der Waals surface area contributed by atoms with Crippen LogP contribution in [0.25, 0.3) is 6.08 Å². The van der Waals surface area contributed by atoms with Crippen molar-refractivity contribution in [3.8, 4) is 0 Å². The summed E-state index contributed by atoms with van der Waals surface area (Å²) in [5.74, 6) is 2.93. The van der Waals surface area contributed by atoms with Gasteiger partial charge in [-0.25, -0.2) is 15.4 Å². The van der Waals surface area contributed by atoms with Gasteiger partial charge < -0.3 is 21.0 Å². The number of aromatic nitrogens is 2. The third-order valence-electron chi connectivity index (χ3n) is 1.56. The molecule has 1 heterocycles. The topological polar surface area (TPSA) is 179 Å². The summed E-state index contributed by atoms with van der Waals surface area (Å²) in [5.41, 5.74) is 6.25. The number of aryl methyl sites for hydroxylation is 1. The van der Waals surface area contributed by atoms with Crippen LogP contribution in [0.4, 0.5) is 10.6 Å². The molecule has 11 nitrogen and oxygen atoms in total.